The van der Waals surface area contributed by atoms with E-state index in [-0.39, 0.29) is 6.04 Å². The van der Waals surface area contributed by atoms with Crippen molar-refractivity contribution in [3.05, 3.63) is 57.8 Å². The highest BCUT2D eigenvalue weighted by Gasteiger charge is 2.10. The van der Waals surface area contributed by atoms with E-state index in [9.17, 15) is 0 Å². The van der Waals surface area contributed by atoms with Crippen LogP contribution in [0.3, 0.4) is 0 Å². The van der Waals surface area contributed by atoms with Gasteiger partial charge in [0.05, 0.1) is 17.9 Å². The first-order chi connectivity index (χ1) is 9.10. The monoisotopic (exact) mass is 294 g/mol. The molecule has 0 aliphatic rings. The molecule has 0 fully saturated rings. The zero-order chi connectivity index (χ0) is 13.8. The van der Waals surface area contributed by atoms with Crippen molar-refractivity contribution < 1.29 is 0 Å². The number of rotatable bonds is 4. The first-order valence-corrected chi connectivity index (χ1v) is 7.00. The fourth-order valence-electron chi connectivity index (χ4n) is 1.98. The number of halogens is 2. The Kier molecular flexibility index (Phi) is 4.67. The predicted molar refractivity (Wildman–Crippen MR) is 82.1 cm³/mol. The third-order valence-electron chi connectivity index (χ3n) is 3.01. The molecule has 0 spiro atoms. The second-order valence-corrected chi connectivity index (χ2v) is 5.29. The van der Waals surface area contributed by atoms with Crippen LogP contribution in [0.1, 0.15) is 30.5 Å². The molecule has 0 bridgehead atoms. The highest BCUT2D eigenvalue weighted by Crippen LogP contribution is 2.25. The van der Waals surface area contributed by atoms with Gasteiger partial charge in [0.15, 0.2) is 0 Å². The fraction of sp³-hybridized carbons (Fsp3) is 0.267. The van der Waals surface area contributed by atoms with Crippen molar-refractivity contribution in [1.82, 2.24) is 4.98 Å². The highest BCUT2D eigenvalue weighted by atomic mass is 35.5. The Morgan fingerprint density at radius 3 is 2.68 bits per heavy atom. The maximum atomic E-state index is 6.04. The molecule has 1 unspecified atom stereocenters. The van der Waals surface area contributed by atoms with Gasteiger partial charge in [-0.2, -0.15) is 0 Å². The molecule has 0 aliphatic heterocycles. The lowest BCUT2D eigenvalue weighted by Crippen LogP contribution is -2.10. The Bertz CT molecular complexity index is 570. The van der Waals surface area contributed by atoms with Crippen molar-refractivity contribution in [2.45, 2.75) is 26.3 Å². The normalized spacial score (nSPS) is 12.2. The van der Waals surface area contributed by atoms with E-state index in [1.54, 1.807) is 6.20 Å². The largest absolute Gasteiger partial charge is 0.377 e. The molecule has 0 saturated carbocycles. The van der Waals surface area contributed by atoms with Crippen LogP contribution in [0.15, 0.2) is 36.5 Å². The maximum Gasteiger partial charge on any atom is 0.132 e. The molecule has 100 valence electrons. The quantitative estimate of drug-likeness (QED) is 0.778. The molecule has 1 heterocycles. The van der Waals surface area contributed by atoms with Crippen molar-refractivity contribution in [2.75, 3.05) is 5.32 Å². The molecule has 19 heavy (non-hydrogen) atoms. The Morgan fingerprint density at radius 1 is 1.26 bits per heavy atom. The van der Waals surface area contributed by atoms with E-state index in [4.69, 9.17) is 23.2 Å². The Balaban J connectivity index is 2.21. The van der Waals surface area contributed by atoms with Gasteiger partial charge >= 0.3 is 0 Å². The van der Waals surface area contributed by atoms with E-state index >= 15 is 0 Å². The van der Waals surface area contributed by atoms with E-state index in [0.29, 0.717) is 5.15 Å². The van der Waals surface area contributed by atoms with E-state index in [2.05, 4.69) is 23.3 Å². The van der Waals surface area contributed by atoms with Gasteiger partial charge in [-0.3, -0.25) is 0 Å². The molecule has 0 amide bonds. The number of pyridine rings is 1. The molecule has 2 rings (SSSR count). The summed E-state index contributed by atoms with van der Waals surface area (Å²) < 4.78 is 0. The summed E-state index contributed by atoms with van der Waals surface area (Å²) in [4.78, 5) is 4.15. The van der Waals surface area contributed by atoms with E-state index < -0.39 is 0 Å². The predicted octanol–water partition coefficient (Wildman–Crippen LogP) is 5.26. The molecule has 2 nitrogen and oxygen atoms in total. The molecule has 0 saturated heterocycles. The zero-order valence-electron chi connectivity index (χ0n) is 11.0. The molecule has 1 aromatic heterocycles. The lowest BCUT2D eigenvalue weighted by molar-refractivity contribution is 0.748. The molecule has 4 heteroatoms. The first-order valence-electron chi connectivity index (χ1n) is 6.24. The summed E-state index contributed by atoms with van der Waals surface area (Å²) in [6.45, 7) is 4.08. The number of benzene rings is 1. The van der Waals surface area contributed by atoms with Gasteiger partial charge in [-0.15, -0.1) is 0 Å². The van der Waals surface area contributed by atoms with Crippen LogP contribution < -0.4 is 5.32 Å². The number of aromatic nitrogens is 1. The smallest absolute Gasteiger partial charge is 0.132 e. The standard InChI is InChI=1S/C15H16Cl2N2/c1-3-14(11-5-4-6-12(16)8-11)19-13-7-10(2)15(17)18-9-13/h4-9,14,19H,3H2,1-2H3. The van der Waals surface area contributed by atoms with Crippen LogP contribution in [-0.2, 0) is 0 Å². The van der Waals surface area contributed by atoms with Gasteiger partial charge < -0.3 is 5.32 Å². The number of hydrogen-bond donors (Lipinski definition) is 1. The van der Waals surface area contributed by atoms with Gasteiger partial charge in [-0.05, 0) is 42.7 Å². The lowest BCUT2D eigenvalue weighted by atomic mass is 10.0. The summed E-state index contributed by atoms with van der Waals surface area (Å²) in [6, 6.07) is 10.1. The van der Waals surface area contributed by atoms with E-state index in [1.807, 2.05) is 31.2 Å². The number of nitrogens with zero attached hydrogens (tertiary/aromatic N) is 1. The average molecular weight is 295 g/mol. The highest BCUT2D eigenvalue weighted by molar-refractivity contribution is 6.30. The third kappa shape index (κ3) is 3.62. The minimum Gasteiger partial charge on any atom is -0.377 e. The Morgan fingerprint density at radius 2 is 2.05 bits per heavy atom. The summed E-state index contributed by atoms with van der Waals surface area (Å²) in [6.07, 6.45) is 2.71. The maximum absolute atomic E-state index is 6.04. The number of anilines is 1. The van der Waals surface area contributed by atoms with Gasteiger partial charge in [0.2, 0.25) is 0 Å². The number of hydrogen-bond acceptors (Lipinski definition) is 2. The molecule has 2 aromatic rings. The summed E-state index contributed by atoms with van der Waals surface area (Å²) >= 11 is 12.0. The van der Waals surface area contributed by atoms with Crippen LogP contribution in [0.25, 0.3) is 0 Å². The molecule has 0 radical (unpaired) electrons. The Labute approximate surface area is 123 Å². The minimum atomic E-state index is 0.209. The molecule has 1 aromatic carbocycles. The van der Waals surface area contributed by atoms with Crippen LogP contribution in [0.2, 0.25) is 10.2 Å². The topological polar surface area (TPSA) is 24.9 Å². The van der Waals surface area contributed by atoms with Gasteiger partial charge in [0, 0.05) is 5.02 Å². The molecular formula is C15H16Cl2N2. The van der Waals surface area contributed by atoms with Crippen molar-refractivity contribution in [1.29, 1.82) is 0 Å². The summed E-state index contributed by atoms with van der Waals surface area (Å²) in [5, 5.41) is 4.76. The minimum absolute atomic E-state index is 0.209. The molecular weight excluding hydrogens is 279 g/mol. The zero-order valence-corrected chi connectivity index (χ0v) is 12.5. The van der Waals surface area contributed by atoms with Gasteiger partial charge in [0.25, 0.3) is 0 Å². The summed E-state index contributed by atoms with van der Waals surface area (Å²) in [5.74, 6) is 0. The van der Waals surface area contributed by atoms with Gasteiger partial charge in [0.1, 0.15) is 5.15 Å². The van der Waals surface area contributed by atoms with Crippen molar-refractivity contribution in [3.63, 3.8) is 0 Å². The fourth-order valence-corrected chi connectivity index (χ4v) is 2.28. The van der Waals surface area contributed by atoms with E-state index in [0.717, 1.165) is 22.7 Å². The van der Waals surface area contributed by atoms with Gasteiger partial charge in [-0.25, -0.2) is 4.98 Å². The second kappa shape index (κ2) is 6.27. The molecule has 1 atom stereocenters. The van der Waals surface area contributed by atoms with Crippen LogP contribution >= 0.6 is 23.2 Å². The third-order valence-corrected chi connectivity index (χ3v) is 3.65. The van der Waals surface area contributed by atoms with Crippen molar-refractivity contribution >= 4 is 28.9 Å². The summed E-state index contributed by atoms with van der Waals surface area (Å²) in [5.41, 5.74) is 3.10. The first kappa shape index (κ1) is 14.2. The second-order valence-electron chi connectivity index (χ2n) is 4.49. The average Bonchev–Trinajstić information content (AvgIpc) is 2.40. The number of aryl methyl sites for hydroxylation is 1. The van der Waals surface area contributed by atoms with Crippen molar-refractivity contribution in [2.24, 2.45) is 0 Å². The molecule has 0 aliphatic carbocycles. The summed E-state index contributed by atoms with van der Waals surface area (Å²) in [7, 11) is 0. The number of nitrogens with one attached hydrogen (secondary N) is 1. The van der Waals surface area contributed by atoms with Crippen molar-refractivity contribution in [3.8, 4) is 0 Å². The van der Waals surface area contributed by atoms with E-state index in [1.165, 1.54) is 5.56 Å². The molecule has 1 N–H and O–H groups in total. The SMILES string of the molecule is CCC(Nc1cnc(Cl)c(C)c1)c1cccc(Cl)c1. The van der Waals surface area contributed by atoms with Crippen LogP contribution in [0, 0.1) is 6.92 Å². The van der Waals surface area contributed by atoms with Gasteiger partial charge in [-0.1, -0.05) is 42.3 Å². The van der Waals surface area contributed by atoms with Crippen LogP contribution in [0.4, 0.5) is 5.69 Å². The Hall–Kier alpha value is -1.25. The van der Waals surface area contributed by atoms with Crippen LogP contribution in [-0.4, -0.2) is 4.98 Å². The van der Waals surface area contributed by atoms with Crippen LogP contribution in [0.5, 0.6) is 0 Å². The lowest BCUT2D eigenvalue weighted by Gasteiger charge is -2.19.